The zero-order valence-corrected chi connectivity index (χ0v) is 15.4. The van der Waals surface area contributed by atoms with E-state index in [4.69, 9.17) is 0 Å². The van der Waals surface area contributed by atoms with Crippen LogP contribution < -0.4 is 9.80 Å². The Bertz CT molecular complexity index is 772. The van der Waals surface area contributed by atoms with Gasteiger partial charge in [0.2, 0.25) is 11.6 Å². The van der Waals surface area contributed by atoms with E-state index < -0.39 is 0 Å². The summed E-state index contributed by atoms with van der Waals surface area (Å²) in [5.74, 6) is 0.797. The van der Waals surface area contributed by atoms with E-state index in [1.807, 2.05) is 47.9 Å². The van der Waals surface area contributed by atoms with Gasteiger partial charge in [-0.05, 0) is 44.4 Å². The Morgan fingerprint density at radius 2 is 1.92 bits per heavy atom. The predicted octanol–water partition coefficient (Wildman–Crippen LogP) is 4.23. The molecule has 0 atom stereocenters. The molecule has 0 N–H and O–H groups in total. The quantitative estimate of drug-likeness (QED) is 0.590. The Labute approximate surface area is 153 Å². The first kappa shape index (κ1) is 18.1. The maximum Gasteiger partial charge on any atom is 0.353 e. The fourth-order valence-electron chi connectivity index (χ4n) is 3.49. The van der Waals surface area contributed by atoms with Crippen molar-refractivity contribution in [3.8, 4) is 0 Å². The van der Waals surface area contributed by atoms with Crippen LogP contribution in [0.15, 0.2) is 30.6 Å². The van der Waals surface area contributed by atoms with Crippen molar-refractivity contribution in [2.24, 2.45) is 0 Å². The standard InChI is InChI=1S/C19H25N5O2/c1-3-23(16-10-8-9-15(2)13-16)19-17(24(25)26)18(20-14-21-19)22-11-6-4-5-7-12-22/h8-10,13-14H,3-7,11-12H2,1-2H3. The van der Waals surface area contributed by atoms with Crippen molar-refractivity contribution in [1.29, 1.82) is 0 Å². The van der Waals surface area contributed by atoms with E-state index in [-0.39, 0.29) is 10.6 Å². The summed E-state index contributed by atoms with van der Waals surface area (Å²) in [5.41, 5.74) is 2.00. The minimum Gasteiger partial charge on any atom is -0.351 e. The summed E-state index contributed by atoms with van der Waals surface area (Å²) >= 11 is 0. The average Bonchev–Trinajstić information content (AvgIpc) is 2.91. The fourth-order valence-corrected chi connectivity index (χ4v) is 3.49. The molecule has 138 valence electrons. The molecule has 0 bridgehead atoms. The Balaban J connectivity index is 2.08. The van der Waals surface area contributed by atoms with Crippen molar-refractivity contribution in [1.82, 2.24) is 9.97 Å². The molecule has 2 heterocycles. The molecule has 0 radical (unpaired) electrons. The van der Waals surface area contributed by atoms with Crippen molar-refractivity contribution in [3.63, 3.8) is 0 Å². The van der Waals surface area contributed by atoms with Crippen molar-refractivity contribution < 1.29 is 4.92 Å². The number of benzene rings is 1. The van der Waals surface area contributed by atoms with E-state index in [2.05, 4.69) is 9.97 Å². The monoisotopic (exact) mass is 355 g/mol. The second-order valence-corrected chi connectivity index (χ2v) is 6.61. The summed E-state index contributed by atoms with van der Waals surface area (Å²) in [6.45, 7) is 6.16. The zero-order valence-electron chi connectivity index (χ0n) is 15.4. The number of nitrogens with zero attached hydrogens (tertiary/aromatic N) is 5. The highest BCUT2D eigenvalue weighted by atomic mass is 16.6. The Morgan fingerprint density at radius 3 is 2.54 bits per heavy atom. The predicted molar refractivity (Wildman–Crippen MR) is 103 cm³/mol. The van der Waals surface area contributed by atoms with Crippen LogP contribution >= 0.6 is 0 Å². The van der Waals surface area contributed by atoms with Gasteiger partial charge in [0, 0.05) is 25.3 Å². The molecular weight excluding hydrogens is 330 g/mol. The van der Waals surface area contributed by atoms with E-state index in [1.54, 1.807) is 0 Å². The first-order chi connectivity index (χ1) is 12.6. The lowest BCUT2D eigenvalue weighted by molar-refractivity contribution is -0.383. The van der Waals surface area contributed by atoms with Gasteiger partial charge in [-0.15, -0.1) is 0 Å². The van der Waals surface area contributed by atoms with Gasteiger partial charge in [-0.25, -0.2) is 9.97 Å². The molecule has 0 spiro atoms. The van der Waals surface area contributed by atoms with Gasteiger partial charge in [0.1, 0.15) is 6.33 Å². The largest absolute Gasteiger partial charge is 0.353 e. The molecule has 1 aromatic carbocycles. The molecule has 1 fully saturated rings. The maximum atomic E-state index is 12.0. The molecule has 1 aliphatic heterocycles. The molecule has 1 saturated heterocycles. The third-order valence-corrected chi connectivity index (χ3v) is 4.76. The first-order valence-electron chi connectivity index (χ1n) is 9.20. The molecule has 0 saturated carbocycles. The Hall–Kier alpha value is -2.70. The van der Waals surface area contributed by atoms with Gasteiger partial charge in [0.05, 0.1) is 4.92 Å². The SMILES string of the molecule is CCN(c1cccc(C)c1)c1ncnc(N2CCCCCC2)c1[N+](=O)[O-]. The van der Waals surface area contributed by atoms with Crippen LogP contribution in [0.3, 0.4) is 0 Å². The van der Waals surface area contributed by atoms with Crippen LogP contribution in [-0.2, 0) is 0 Å². The van der Waals surface area contributed by atoms with E-state index >= 15 is 0 Å². The smallest absolute Gasteiger partial charge is 0.351 e. The minimum atomic E-state index is -0.339. The molecule has 1 aliphatic rings. The Kier molecular flexibility index (Phi) is 5.65. The summed E-state index contributed by atoms with van der Waals surface area (Å²) in [4.78, 5) is 24.2. The number of rotatable bonds is 5. The van der Waals surface area contributed by atoms with Gasteiger partial charge in [-0.1, -0.05) is 25.0 Å². The van der Waals surface area contributed by atoms with Crippen LogP contribution in [0.4, 0.5) is 23.0 Å². The summed E-state index contributed by atoms with van der Waals surface area (Å²) in [6.07, 6.45) is 5.83. The molecule has 7 heteroatoms. The van der Waals surface area contributed by atoms with Gasteiger partial charge < -0.3 is 9.80 Å². The summed E-state index contributed by atoms with van der Waals surface area (Å²) in [7, 11) is 0. The second kappa shape index (κ2) is 8.12. The van der Waals surface area contributed by atoms with E-state index in [0.29, 0.717) is 18.2 Å². The van der Waals surface area contributed by atoms with Crippen LogP contribution in [0, 0.1) is 17.0 Å². The number of anilines is 3. The van der Waals surface area contributed by atoms with Crippen molar-refractivity contribution in [2.45, 2.75) is 39.5 Å². The van der Waals surface area contributed by atoms with Crippen LogP contribution in [0.25, 0.3) is 0 Å². The number of hydrogen-bond acceptors (Lipinski definition) is 6. The lowest BCUT2D eigenvalue weighted by atomic mass is 10.2. The number of aromatic nitrogens is 2. The minimum absolute atomic E-state index is 0.00208. The number of nitro groups is 1. The lowest BCUT2D eigenvalue weighted by Crippen LogP contribution is -2.27. The maximum absolute atomic E-state index is 12.0. The molecule has 0 amide bonds. The molecular formula is C19H25N5O2. The number of aryl methyl sites for hydroxylation is 1. The highest BCUT2D eigenvalue weighted by Crippen LogP contribution is 2.38. The van der Waals surface area contributed by atoms with Gasteiger partial charge in [0.15, 0.2) is 0 Å². The van der Waals surface area contributed by atoms with Gasteiger partial charge >= 0.3 is 5.69 Å². The van der Waals surface area contributed by atoms with Crippen LogP contribution in [0.1, 0.15) is 38.2 Å². The molecule has 0 unspecified atom stereocenters. The normalized spacial score (nSPS) is 14.8. The van der Waals surface area contributed by atoms with E-state index in [9.17, 15) is 10.1 Å². The molecule has 0 aliphatic carbocycles. The topological polar surface area (TPSA) is 75.4 Å². The first-order valence-corrected chi connectivity index (χ1v) is 9.20. The molecule has 2 aromatic rings. The Morgan fingerprint density at radius 1 is 1.19 bits per heavy atom. The average molecular weight is 355 g/mol. The zero-order chi connectivity index (χ0) is 18.5. The third-order valence-electron chi connectivity index (χ3n) is 4.76. The molecule has 1 aromatic heterocycles. The third kappa shape index (κ3) is 3.76. The van der Waals surface area contributed by atoms with E-state index in [1.165, 1.54) is 6.33 Å². The van der Waals surface area contributed by atoms with E-state index in [0.717, 1.165) is 50.0 Å². The molecule has 26 heavy (non-hydrogen) atoms. The summed E-state index contributed by atoms with van der Waals surface area (Å²) < 4.78 is 0. The van der Waals surface area contributed by atoms with Crippen LogP contribution in [0.5, 0.6) is 0 Å². The van der Waals surface area contributed by atoms with Gasteiger partial charge in [-0.2, -0.15) is 0 Å². The van der Waals surface area contributed by atoms with Crippen molar-refractivity contribution >= 4 is 23.0 Å². The summed E-state index contributed by atoms with van der Waals surface area (Å²) in [5, 5.41) is 12.0. The molecule has 7 nitrogen and oxygen atoms in total. The van der Waals surface area contributed by atoms with Crippen molar-refractivity contribution in [2.75, 3.05) is 29.4 Å². The lowest BCUT2D eigenvalue weighted by Gasteiger charge is -2.25. The highest BCUT2D eigenvalue weighted by Gasteiger charge is 2.30. The highest BCUT2D eigenvalue weighted by molar-refractivity contribution is 5.76. The second-order valence-electron chi connectivity index (χ2n) is 6.61. The fraction of sp³-hybridized carbons (Fsp3) is 0.474. The van der Waals surface area contributed by atoms with Crippen LogP contribution in [-0.4, -0.2) is 34.5 Å². The number of hydrogen-bond donors (Lipinski definition) is 0. The van der Waals surface area contributed by atoms with Crippen molar-refractivity contribution in [3.05, 3.63) is 46.3 Å². The summed E-state index contributed by atoms with van der Waals surface area (Å²) in [6, 6.07) is 7.93. The van der Waals surface area contributed by atoms with Gasteiger partial charge in [0.25, 0.3) is 0 Å². The molecule has 3 rings (SSSR count). The van der Waals surface area contributed by atoms with Crippen LogP contribution in [0.2, 0.25) is 0 Å². The van der Waals surface area contributed by atoms with Gasteiger partial charge in [-0.3, -0.25) is 10.1 Å².